The van der Waals surface area contributed by atoms with Gasteiger partial charge in [0.2, 0.25) is 0 Å². The summed E-state index contributed by atoms with van der Waals surface area (Å²) in [6.45, 7) is 0. The van der Waals surface area contributed by atoms with Gasteiger partial charge in [0, 0.05) is 34.4 Å². The van der Waals surface area contributed by atoms with Gasteiger partial charge in [0.15, 0.2) is 0 Å². The van der Waals surface area contributed by atoms with Gasteiger partial charge in [0.1, 0.15) is 0 Å². The first-order valence-corrected chi connectivity index (χ1v) is 6.76. The Labute approximate surface area is 120 Å². The molecule has 102 valence electrons. The van der Waals surface area contributed by atoms with E-state index in [0.717, 1.165) is 27.5 Å². The largest absolute Gasteiger partial charge is 0.361 e. The number of nitrogens with one attached hydrogen (secondary N) is 3. The zero-order chi connectivity index (χ0) is 14.2. The fourth-order valence-corrected chi connectivity index (χ4v) is 2.58. The summed E-state index contributed by atoms with van der Waals surface area (Å²) >= 11 is 0. The third kappa shape index (κ3) is 1.97. The highest BCUT2D eigenvalue weighted by atomic mass is 16.1. The Kier molecular flexibility index (Phi) is 2.54. The summed E-state index contributed by atoms with van der Waals surface area (Å²) in [4.78, 5) is 18.7. The number of aromatic nitrogens is 2. The van der Waals surface area contributed by atoms with E-state index >= 15 is 0 Å². The monoisotopic (exact) mass is 275 g/mol. The molecule has 0 bridgehead atoms. The number of rotatable bonds is 2. The van der Waals surface area contributed by atoms with Crippen molar-refractivity contribution in [2.24, 2.45) is 0 Å². The van der Waals surface area contributed by atoms with E-state index in [2.05, 4.69) is 15.3 Å². The molecule has 4 aromatic rings. The first-order chi connectivity index (χ1) is 10.3. The number of carbonyl (C=O) groups is 1. The average Bonchev–Trinajstić information content (AvgIpc) is 3.15. The van der Waals surface area contributed by atoms with Crippen LogP contribution in [0.1, 0.15) is 10.4 Å². The van der Waals surface area contributed by atoms with Crippen molar-refractivity contribution in [1.29, 1.82) is 0 Å². The Bertz CT molecular complexity index is 949. The van der Waals surface area contributed by atoms with E-state index in [0.29, 0.717) is 5.56 Å². The molecule has 2 aromatic carbocycles. The van der Waals surface area contributed by atoms with Gasteiger partial charge in [-0.05, 0) is 41.8 Å². The molecule has 2 aromatic heterocycles. The highest BCUT2D eigenvalue weighted by molar-refractivity contribution is 6.09. The Morgan fingerprint density at radius 3 is 2.71 bits per heavy atom. The first kappa shape index (κ1) is 11.8. The van der Waals surface area contributed by atoms with Crippen LogP contribution in [-0.2, 0) is 0 Å². The van der Waals surface area contributed by atoms with Gasteiger partial charge in [-0.2, -0.15) is 0 Å². The van der Waals surface area contributed by atoms with Crippen LogP contribution in [0.15, 0.2) is 60.9 Å². The maximum atomic E-state index is 12.4. The first-order valence-electron chi connectivity index (χ1n) is 6.76. The third-order valence-corrected chi connectivity index (χ3v) is 3.66. The molecular formula is C17H13N3O. The van der Waals surface area contributed by atoms with Crippen molar-refractivity contribution in [1.82, 2.24) is 9.97 Å². The SMILES string of the molecule is O=C(Nc1cccc2[nH]ccc12)c1ccc2cc[nH]c2c1. The fourth-order valence-electron chi connectivity index (χ4n) is 2.58. The van der Waals surface area contributed by atoms with Crippen LogP contribution in [0.3, 0.4) is 0 Å². The van der Waals surface area contributed by atoms with E-state index in [9.17, 15) is 4.79 Å². The van der Waals surface area contributed by atoms with Gasteiger partial charge in [-0.15, -0.1) is 0 Å². The lowest BCUT2D eigenvalue weighted by atomic mass is 10.1. The van der Waals surface area contributed by atoms with Gasteiger partial charge in [-0.25, -0.2) is 0 Å². The van der Waals surface area contributed by atoms with E-state index in [1.807, 2.05) is 60.9 Å². The normalized spacial score (nSPS) is 11.0. The van der Waals surface area contributed by atoms with E-state index in [1.165, 1.54) is 0 Å². The van der Waals surface area contributed by atoms with E-state index in [1.54, 1.807) is 0 Å². The highest BCUT2D eigenvalue weighted by Gasteiger charge is 2.09. The maximum Gasteiger partial charge on any atom is 0.255 e. The zero-order valence-electron chi connectivity index (χ0n) is 11.2. The van der Waals surface area contributed by atoms with Crippen LogP contribution in [0.4, 0.5) is 5.69 Å². The fraction of sp³-hybridized carbons (Fsp3) is 0. The second-order valence-electron chi connectivity index (χ2n) is 4.98. The van der Waals surface area contributed by atoms with Crippen molar-refractivity contribution < 1.29 is 4.79 Å². The minimum Gasteiger partial charge on any atom is -0.361 e. The standard InChI is InChI=1S/C17H13N3O/c21-17(12-5-4-11-6-8-19-16(11)10-12)20-15-3-1-2-14-13(15)7-9-18-14/h1-10,18-19H,(H,20,21). The van der Waals surface area contributed by atoms with Gasteiger partial charge < -0.3 is 15.3 Å². The van der Waals surface area contributed by atoms with Gasteiger partial charge in [0.25, 0.3) is 5.91 Å². The predicted molar refractivity (Wildman–Crippen MR) is 84.6 cm³/mol. The number of hydrogen-bond donors (Lipinski definition) is 3. The minimum absolute atomic E-state index is 0.111. The van der Waals surface area contributed by atoms with Gasteiger partial charge >= 0.3 is 0 Å². The molecule has 4 heteroatoms. The molecule has 3 N–H and O–H groups in total. The lowest BCUT2D eigenvalue weighted by molar-refractivity contribution is 0.102. The third-order valence-electron chi connectivity index (χ3n) is 3.66. The van der Waals surface area contributed by atoms with Gasteiger partial charge in [-0.3, -0.25) is 4.79 Å². The summed E-state index contributed by atoms with van der Waals surface area (Å²) < 4.78 is 0. The van der Waals surface area contributed by atoms with E-state index < -0.39 is 0 Å². The number of H-pyrrole nitrogens is 2. The molecule has 0 radical (unpaired) electrons. The van der Waals surface area contributed by atoms with Crippen LogP contribution in [-0.4, -0.2) is 15.9 Å². The molecule has 0 aliphatic carbocycles. The lowest BCUT2D eigenvalue weighted by Crippen LogP contribution is -2.11. The number of carbonyl (C=O) groups excluding carboxylic acids is 1. The number of aromatic amines is 2. The van der Waals surface area contributed by atoms with E-state index in [-0.39, 0.29) is 5.91 Å². The maximum absolute atomic E-state index is 12.4. The Morgan fingerprint density at radius 2 is 1.76 bits per heavy atom. The molecular weight excluding hydrogens is 262 g/mol. The minimum atomic E-state index is -0.111. The summed E-state index contributed by atoms with van der Waals surface area (Å²) in [5, 5.41) is 5.07. The molecule has 0 aliphatic heterocycles. The van der Waals surface area contributed by atoms with Crippen molar-refractivity contribution in [2.75, 3.05) is 5.32 Å². The molecule has 0 aliphatic rings. The van der Waals surface area contributed by atoms with Crippen LogP contribution in [0, 0.1) is 0 Å². The van der Waals surface area contributed by atoms with Crippen molar-refractivity contribution in [3.63, 3.8) is 0 Å². The van der Waals surface area contributed by atoms with Crippen LogP contribution in [0.5, 0.6) is 0 Å². The second-order valence-corrected chi connectivity index (χ2v) is 4.98. The number of anilines is 1. The summed E-state index contributed by atoms with van der Waals surface area (Å²) in [7, 11) is 0. The summed E-state index contributed by atoms with van der Waals surface area (Å²) in [6.07, 6.45) is 3.73. The summed E-state index contributed by atoms with van der Waals surface area (Å²) in [6, 6.07) is 15.4. The Morgan fingerprint density at radius 1 is 0.905 bits per heavy atom. The number of fused-ring (bicyclic) bond motifs is 2. The van der Waals surface area contributed by atoms with Crippen molar-refractivity contribution in [3.8, 4) is 0 Å². The Hall–Kier alpha value is -3.01. The molecule has 0 atom stereocenters. The molecule has 4 rings (SSSR count). The summed E-state index contributed by atoms with van der Waals surface area (Å²) in [5.41, 5.74) is 3.41. The van der Waals surface area contributed by atoms with Crippen molar-refractivity contribution >= 4 is 33.4 Å². The highest BCUT2D eigenvalue weighted by Crippen LogP contribution is 2.23. The molecule has 0 saturated carbocycles. The summed E-state index contributed by atoms with van der Waals surface area (Å²) in [5.74, 6) is -0.111. The van der Waals surface area contributed by atoms with Crippen LogP contribution >= 0.6 is 0 Å². The smallest absolute Gasteiger partial charge is 0.255 e. The molecule has 0 saturated heterocycles. The van der Waals surface area contributed by atoms with Crippen molar-refractivity contribution in [3.05, 3.63) is 66.5 Å². The molecule has 0 fully saturated rings. The van der Waals surface area contributed by atoms with Crippen LogP contribution in [0.25, 0.3) is 21.8 Å². The number of benzene rings is 2. The number of amides is 1. The van der Waals surface area contributed by atoms with E-state index in [4.69, 9.17) is 0 Å². The Balaban J connectivity index is 1.70. The van der Waals surface area contributed by atoms with Crippen LogP contribution in [0.2, 0.25) is 0 Å². The quantitative estimate of drug-likeness (QED) is 0.510. The zero-order valence-corrected chi connectivity index (χ0v) is 11.2. The molecule has 1 amide bonds. The molecule has 0 unspecified atom stereocenters. The second kappa shape index (κ2) is 4.52. The van der Waals surface area contributed by atoms with Gasteiger partial charge in [0.05, 0.1) is 5.69 Å². The number of hydrogen-bond acceptors (Lipinski definition) is 1. The topological polar surface area (TPSA) is 60.7 Å². The lowest BCUT2D eigenvalue weighted by Gasteiger charge is -2.07. The predicted octanol–water partition coefficient (Wildman–Crippen LogP) is 3.90. The average molecular weight is 275 g/mol. The molecule has 21 heavy (non-hydrogen) atoms. The van der Waals surface area contributed by atoms with Crippen LogP contribution < -0.4 is 5.32 Å². The molecule has 2 heterocycles. The molecule has 0 spiro atoms. The van der Waals surface area contributed by atoms with Gasteiger partial charge in [-0.1, -0.05) is 12.1 Å². The molecule has 4 nitrogen and oxygen atoms in total. The van der Waals surface area contributed by atoms with Crippen molar-refractivity contribution in [2.45, 2.75) is 0 Å².